The molecule has 0 unspecified atom stereocenters. The topological polar surface area (TPSA) is 139 Å². The van der Waals surface area contributed by atoms with Crippen molar-refractivity contribution >= 4 is 35.4 Å². The number of ether oxygens (including phenoxy) is 4. The fourth-order valence-corrected chi connectivity index (χ4v) is 4.55. The molecule has 0 fully saturated rings. The first kappa shape index (κ1) is 38.7. The molecule has 0 aromatic rings. The van der Waals surface area contributed by atoms with Crippen LogP contribution < -0.4 is 0 Å². The molecule has 44 heavy (non-hydrogen) atoms. The van der Waals surface area contributed by atoms with Crippen molar-refractivity contribution in [2.24, 2.45) is 0 Å². The van der Waals surface area contributed by atoms with E-state index in [9.17, 15) is 28.8 Å². The number of hydrogen-bond acceptors (Lipinski definition) is 10. The second-order valence-electron chi connectivity index (χ2n) is 10.9. The number of ketones is 2. The molecule has 0 bridgehead atoms. The summed E-state index contributed by atoms with van der Waals surface area (Å²) in [5.41, 5.74) is -3.72. The summed E-state index contributed by atoms with van der Waals surface area (Å²) in [6.07, 6.45) is 12.5. The second-order valence-corrected chi connectivity index (χ2v) is 10.9. The van der Waals surface area contributed by atoms with Gasteiger partial charge in [-0.05, 0) is 25.7 Å². The quantitative estimate of drug-likeness (QED) is 0.0401. The van der Waals surface area contributed by atoms with Crippen LogP contribution in [0.1, 0.15) is 130 Å². The monoisotopic (exact) mass is 620 g/mol. The summed E-state index contributed by atoms with van der Waals surface area (Å²) in [6.45, 7) is 7.85. The molecule has 248 valence electrons. The van der Waals surface area contributed by atoms with Crippen LogP contribution >= 0.6 is 0 Å². The van der Waals surface area contributed by atoms with E-state index in [1.54, 1.807) is 0 Å². The van der Waals surface area contributed by atoms with Crippen molar-refractivity contribution in [3.8, 4) is 0 Å². The molecule has 1 aliphatic carbocycles. The highest BCUT2D eigenvalue weighted by Gasteiger charge is 2.48. The molecule has 0 atom stereocenters. The van der Waals surface area contributed by atoms with E-state index in [4.69, 9.17) is 18.9 Å². The number of esters is 4. The molecule has 0 N–H and O–H groups in total. The van der Waals surface area contributed by atoms with Gasteiger partial charge >= 0.3 is 23.9 Å². The SMILES string of the molecule is CCCCCCOC(=O)C1=C(C(=O)OCCCCCC)C(=O)C(C(=O)OCCCCCC)=C(C(=O)OCCCCCC)C1=O. The number of hydrogen-bond donors (Lipinski definition) is 0. The van der Waals surface area contributed by atoms with Crippen LogP contribution in [0.15, 0.2) is 22.3 Å². The number of unbranched alkanes of at least 4 members (excludes halogenated alkanes) is 12. The van der Waals surface area contributed by atoms with Crippen molar-refractivity contribution in [2.45, 2.75) is 130 Å². The van der Waals surface area contributed by atoms with Crippen molar-refractivity contribution in [2.75, 3.05) is 26.4 Å². The summed E-state index contributed by atoms with van der Waals surface area (Å²) in [5.74, 6) is -7.54. The van der Waals surface area contributed by atoms with Crippen molar-refractivity contribution in [3.63, 3.8) is 0 Å². The maximum Gasteiger partial charge on any atom is 0.343 e. The first-order valence-electron chi connectivity index (χ1n) is 16.5. The predicted molar refractivity (Wildman–Crippen MR) is 164 cm³/mol. The van der Waals surface area contributed by atoms with Gasteiger partial charge in [0.2, 0.25) is 11.6 Å². The van der Waals surface area contributed by atoms with E-state index in [-0.39, 0.29) is 26.4 Å². The summed E-state index contributed by atoms with van der Waals surface area (Å²) in [5, 5.41) is 0. The molecule has 0 amide bonds. The second kappa shape index (κ2) is 23.1. The van der Waals surface area contributed by atoms with Crippen molar-refractivity contribution in [1.29, 1.82) is 0 Å². The lowest BCUT2D eigenvalue weighted by molar-refractivity contribution is -0.148. The van der Waals surface area contributed by atoms with Gasteiger partial charge in [0.15, 0.2) is 0 Å². The van der Waals surface area contributed by atoms with E-state index in [0.29, 0.717) is 25.7 Å². The molecular formula is C34H52O10. The van der Waals surface area contributed by atoms with Gasteiger partial charge in [0.1, 0.15) is 22.3 Å². The Bertz CT molecular complexity index is 879. The third-order valence-corrected chi connectivity index (χ3v) is 7.15. The van der Waals surface area contributed by atoms with Gasteiger partial charge < -0.3 is 18.9 Å². The Morgan fingerprint density at radius 2 is 0.568 bits per heavy atom. The Kier molecular flexibility index (Phi) is 20.4. The van der Waals surface area contributed by atoms with Gasteiger partial charge in [0.25, 0.3) is 0 Å². The molecule has 0 radical (unpaired) electrons. The zero-order valence-electron chi connectivity index (χ0n) is 27.2. The molecule has 0 aliphatic heterocycles. The van der Waals surface area contributed by atoms with Gasteiger partial charge in [-0.2, -0.15) is 0 Å². The lowest BCUT2D eigenvalue weighted by Gasteiger charge is -2.21. The standard InChI is InChI=1S/C34H52O10/c1-5-9-13-17-21-41-31(37)25-26(32(38)42-22-18-14-10-6-2)30(36)28(34(40)44-24-20-16-12-8-4)27(29(25)35)33(39)43-23-19-15-11-7-3/h5-24H2,1-4H3. The third kappa shape index (κ3) is 13.1. The van der Waals surface area contributed by atoms with E-state index < -0.39 is 57.7 Å². The van der Waals surface area contributed by atoms with Crippen molar-refractivity contribution in [3.05, 3.63) is 22.3 Å². The zero-order chi connectivity index (χ0) is 32.7. The largest absolute Gasteiger partial charge is 0.462 e. The van der Waals surface area contributed by atoms with Crippen LogP contribution in [-0.2, 0) is 47.7 Å². The summed E-state index contributed by atoms with van der Waals surface area (Å²) in [6, 6.07) is 0. The van der Waals surface area contributed by atoms with Crippen LogP contribution in [0.5, 0.6) is 0 Å². The molecule has 1 rings (SSSR count). The maximum atomic E-state index is 13.8. The molecule has 1 aliphatic rings. The Labute approximate surface area is 262 Å². The van der Waals surface area contributed by atoms with Crippen molar-refractivity contribution < 1.29 is 47.7 Å². The minimum absolute atomic E-state index is 0.0588. The maximum absolute atomic E-state index is 13.8. The Morgan fingerprint density at radius 3 is 0.750 bits per heavy atom. The summed E-state index contributed by atoms with van der Waals surface area (Å²) in [4.78, 5) is 80.5. The minimum atomic E-state index is -1.29. The van der Waals surface area contributed by atoms with Gasteiger partial charge in [-0.15, -0.1) is 0 Å². The lowest BCUT2D eigenvalue weighted by atomic mass is 9.83. The van der Waals surface area contributed by atoms with Crippen LogP contribution in [0.25, 0.3) is 0 Å². The number of carbonyl (C=O) groups excluding carboxylic acids is 6. The van der Waals surface area contributed by atoms with Gasteiger partial charge in [-0.25, -0.2) is 19.2 Å². The van der Waals surface area contributed by atoms with Gasteiger partial charge in [-0.1, -0.05) is 105 Å². The first-order valence-corrected chi connectivity index (χ1v) is 16.5. The highest BCUT2D eigenvalue weighted by molar-refractivity contribution is 6.49. The van der Waals surface area contributed by atoms with Crippen LogP contribution in [-0.4, -0.2) is 61.9 Å². The fraction of sp³-hybridized carbons (Fsp3) is 0.706. The first-order chi connectivity index (χ1) is 21.3. The lowest BCUT2D eigenvalue weighted by Crippen LogP contribution is -2.38. The minimum Gasteiger partial charge on any atom is -0.462 e. The molecule has 0 heterocycles. The number of Topliss-reactive ketones (excluding diaryl/α,β-unsaturated/α-hetero) is 2. The highest BCUT2D eigenvalue weighted by atomic mass is 16.5. The average molecular weight is 621 g/mol. The van der Waals surface area contributed by atoms with Gasteiger partial charge in [0.05, 0.1) is 26.4 Å². The Hall–Kier alpha value is -3.30. The molecular weight excluding hydrogens is 568 g/mol. The van der Waals surface area contributed by atoms with Crippen LogP contribution in [0.3, 0.4) is 0 Å². The van der Waals surface area contributed by atoms with Crippen LogP contribution in [0.2, 0.25) is 0 Å². The molecule has 0 spiro atoms. The third-order valence-electron chi connectivity index (χ3n) is 7.15. The molecule has 0 saturated carbocycles. The predicted octanol–water partition coefficient (Wildman–Crippen LogP) is 6.23. The van der Waals surface area contributed by atoms with E-state index >= 15 is 0 Å². The highest BCUT2D eigenvalue weighted by Crippen LogP contribution is 2.29. The van der Waals surface area contributed by atoms with Crippen LogP contribution in [0, 0.1) is 0 Å². The molecule has 0 aromatic carbocycles. The normalized spacial score (nSPS) is 13.3. The summed E-state index contributed by atoms with van der Waals surface area (Å²) in [7, 11) is 0. The van der Waals surface area contributed by atoms with E-state index in [0.717, 1.165) is 77.0 Å². The van der Waals surface area contributed by atoms with Gasteiger partial charge in [-0.3, -0.25) is 9.59 Å². The molecule has 10 nitrogen and oxygen atoms in total. The fourth-order valence-electron chi connectivity index (χ4n) is 4.55. The summed E-state index contributed by atoms with van der Waals surface area (Å²) >= 11 is 0. The molecule has 10 heteroatoms. The molecule has 0 aromatic heterocycles. The number of carbonyl (C=O) groups is 6. The smallest absolute Gasteiger partial charge is 0.343 e. The number of rotatable bonds is 24. The Morgan fingerprint density at radius 1 is 0.364 bits per heavy atom. The molecule has 0 saturated heterocycles. The Balaban J connectivity index is 3.45. The van der Waals surface area contributed by atoms with Gasteiger partial charge in [0, 0.05) is 0 Å². The zero-order valence-corrected chi connectivity index (χ0v) is 27.2. The van der Waals surface area contributed by atoms with Crippen LogP contribution in [0.4, 0.5) is 0 Å². The average Bonchev–Trinajstić information content (AvgIpc) is 3.00. The van der Waals surface area contributed by atoms with E-state index in [1.165, 1.54) is 0 Å². The summed E-state index contributed by atoms with van der Waals surface area (Å²) < 4.78 is 21.1. The van der Waals surface area contributed by atoms with Crippen molar-refractivity contribution in [1.82, 2.24) is 0 Å². The van der Waals surface area contributed by atoms with E-state index in [1.807, 2.05) is 27.7 Å². The van der Waals surface area contributed by atoms with E-state index in [2.05, 4.69) is 0 Å².